The number of unbranched alkanes of at least 4 members (excludes halogenated alkanes) is 3. The molecule has 0 bridgehead atoms. The van der Waals surface area contributed by atoms with Crippen molar-refractivity contribution in [3.8, 4) is 0 Å². The highest BCUT2D eigenvalue weighted by molar-refractivity contribution is 5.98. The van der Waals surface area contributed by atoms with Gasteiger partial charge in [0.1, 0.15) is 0 Å². The average Bonchev–Trinajstić information content (AvgIpc) is 3.05. The van der Waals surface area contributed by atoms with Gasteiger partial charge >= 0.3 is 5.97 Å². The molecule has 158 valence electrons. The van der Waals surface area contributed by atoms with Crippen LogP contribution in [0, 0.1) is 0 Å². The second kappa shape index (κ2) is 11.7. The van der Waals surface area contributed by atoms with Gasteiger partial charge in [-0.25, -0.2) is 0 Å². The molecule has 0 spiro atoms. The Morgan fingerprint density at radius 3 is 2.39 bits per heavy atom. The van der Waals surface area contributed by atoms with Gasteiger partial charge in [0, 0.05) is 25.9 Å². The van der Waals surface area contributed by atoms with Gasteiger partial charge in [-0.3, -0.25) is 9.59 Å². The van der Waals surface area contributed by atoms with E-state index in [-0.39, 0.29) is 30.4 Å². The molecule has 0 aromatic carbocycles. The number of carbonyl (C=O) groups excluding carboxylic acids is 2. The number of allylic oxidation sites excluding steroid dienone is 1. The van der Waals surface area contributed by atoms with Gasteiger partial charge in [0.2, 0.25) is 6.29 Å². The van der Waals surface area contributed by atoms with Crippen molar-refractivity contribution in [2.24, 2.45) is 0 Å². The molecule has 2 unspecified atom stereocenters. The number of esters is 1. The van der Waals surface area contributed by atoms with E-state index in [1.165, 1.54) is 0 Å². The van der Waals surface area contributed by atoms with Crippen molar-refractivity contribution in [3.05, 3.63) is 11.6 Å². The van der Waals surface area contributed by atoms with Crippen LogP contribution in [0.3, 0.4) is 0 Å². The van der Waals surface area contributed by atoms with Crippen LogP contribution in [0.5, 0.6) is 0 Å². The Labute approximate surface area is 167 Å². The average molecular weight is 395 g/mol. The van der Waals surface area contributed by atoms with Crippen LogP contribution >= 0.6 is 0 Å². The fraction of sp³-hybridized carbons (Fsp3) is 0.818. The van der Waals surface area contributed by atoms with Crippen molar-refractivity contribution in [2.75, 3.05) is 13.2 Å². The molecule has 0 amide bonds. The Hall–Kier alpha value is -1.24. The van der Waals surface area contributed by atoms with E-state index in [0.29, 0.717) is 19.4 Å². The summed E-state index contributed by atoms with van der Waals surface area (Å²) in [7, 11) is 0. The lowest BCUT2D eigenvalue weighted by Crippen LogP contribution is -2.26. The van der Waals surface area contributed by atoms with E-state index < -0.39 is 0 Å². The van der Waals surface area contributed by atoms with Gasteiger partial charge in [-0.05, 0) is 63.0 Å². The van der Waals surface area contributed by atoms with Crippen LogP contribution in [-0.2, 0) is 28.5 Å². The van der Waals surface area contributed by atoms with Crippen LogP contribution < -0.4 is 0 Å². The van der Waals surface area contributed by atoms with E-state index >= 15 is 0 Å². The van der Waals surface area contributed by atoms with Gasteiger partial charge in [0.25, 0.3) is 0 Å². The molecule has 2 heterocycles. The van der Waals surface area contributed by atoms with E-state index in [4.69, 9.17) is 18.9 Å². The molecule has 3 rings (SSSR count). The van der Waals surface area contributed by atoms with Crippen LogP contribution in [-0.4, -0.2) is 43.7 Å². The smallest absolute Gasteiger partial charge is 0.308 e. The van der Waals surface area contributed by atoms with Gasteiger partial charge in [-0.2, -0.15) is 0 Å². The molecular weight excluding hydrogens is 360 g/mol. The highest BCUT2D eigenvalue weighted by Gasteiger charge is 2.27. The maximum atomic E-state index is 12.2. The summed E-state index contributed by atoms with van der Waals surface area (Å²) < 4.78 is 22.2. The van der Waals surface area contributed by atoms with Crippen LogP contribution in [0.4, 0.5) is 0 Å². The monoisotopic (exact) mass is 394 g/mol. The van der Waals surface area contributed by atoms with Gasteiger partial charge in [-0.15, -0.1) is 0 Å². The fourth-order valence-corrected chi connectivity index (χ4v) is 3.96. The topological polar surface area (TPSA) is 71.1 Å². The highest BCUT2D eigenvalue weighted by atomic mass is 16.7. The number of rotatable bonds is 10. The van der Waals surface area contributed by atoms with Gasteiger partial charge in [0.15, 0.2) is 12.1 Å². The van der Waals surface area contributed by atoms with Crippen molar-refractivity contribution < 1.29 is 28.5 Å². The second-order valence-corrected chi connectivity index (χ2v) is 7.99. The first-order chi connectivity index (χ1) is 13.7. The minimum atomic E-state index is -0.337. The van der Waals surface area contributed by atoms with Crippen LogP contribution in [0.1, 0.15) is 83.5 Å². The molecule has 0 radical (unpaired) electrons. The third kappa shape index (κ3) is 7.30. The largest absolute Gasteiger partial charge is 0.436 e. The Balaban J connectivity index is 1.23. The van der Waals surface area contributed by atoms with Crippen molar-refractivity contribution in [1.82, 2.24) is 0 Å². The van der Waals surface area contributed by atoms with Gasteiger partial charge in [-0.1, -0.05) is 12.8 Å². The standard InChI is InChI=1S/C22H34O6/c23-19-16-18(27-21-11-5-7-13-25-21)15-17(19)9-3-1-2-4-10-20(24)28-22-12-6-8-14-26-22/h15,18,21-22H,1-14,16H2/t18-,21?,22?/m0/s1. The molecule has 0 aromatic heterocycles. The predicted molar refractivity (Wildman–Crippen MR) is 104 cm³/mol. The molecular formula is C22H34O6. The quantitative estimate of drug-likeness (QED) is 0.408. The summed E-state index contributed by atoms with van der Waals surface area (Å²) in [5.41, 5.74) is 0.898. The number of Topliss-reactive ketones (excluding diaryl/α,β-unsaturated/α-hetero) is 1. The molecule has 1 aliphatic carbocycles. The molecule has 3 aliphatic rings. The first kappa shape index (κ1) is 21.5. The lowest BCUT2D eigenvalue weighted by molar-refractivity contribution is -0.186. The van der Waals surface area contributed by atoms with E-state index in [1.807, 2.05) is 6.08 Å². The zero-order valence-electron chi connectivity index (χ0n) is 16.9. The molecule has 0 aromatic rings. The normalized spacial score (nSPS) is 28.2. The molecule has 2 fully saturated rings. The number of hydrogen-bond acceptors (Lipinski definition) is 6. The fourth-order valence-electron chi connectivity index (χ4n) is 3.96. The van der Waals surface area contributed by atoms with Gasteiger partial charge in [0.05, 0.1) is 12.7 Å². The van der Waals surface area contributed by atoms with E-state index in [0.717, 1.165) is 82.8 Å². The summed E-state index contributed by atoms with van der Waals surface area (Å²) in [6, 6.07) is 0. The summed E-state index contributed by atoms with van der Waals surface area (Å²) in [5.74, 6) is 0.0439. The van der Waals surface area contributed by atoms with Gasteiger partial charge < -0.3 is 18.9 Å². The number of ketones is 1. The van der Waals surface area contributed by atoms with Crippen LogP contribution in [0.15, 0.2) is 11.6 Å². The molecule has 0 N–H and O–H groups in total. The Bertz CT molecular complexity index is 531. The minimum Gasteiger partial charge on any atom is -0.436 e. The summed E-state index contributed by atoms with van der Waals surface area (Å²) in [6.07, 6.45) is 12.9. The Morgan fingerprint density at radius 2 is 1.68 bits per heavy atom. The highest BCUT2D eigenvalue weighted by Crippen LogP contribution is 2.26. The van der Waals surface area contributed by atoms with Crippen molar-refractivity contribution in [2.45, 2.75) is 102 Å². The molecule has 28 heavy (non-hydrogen) atoms. The minimum absolute atomic E-state index is 0.123. The third-order valence-electron chi connectivity index (χ3n) is 5.57. The maximum Gasteiger partial charge on any atom is 0.308 e. The zero-order valence-corrected chi connectivity index (χ0v) is 16.9. The number of carbonyl (C=O) groups is 2. The number of hydrogen-bond donors (Lipinski definition) is 0. The molecule has 6 heteroatoms. The van der Waals surface area contributed by atoms with Crippen LogP contribution in [0.2, 0.25) is 0 Å². The Kier molecular flexibility index (Phi) is 8.96. The summed E-state index contributed by atoms with van der Waals surface area (Å²) >= 11 is 0. The molecule has 0 saturated carbocycles. The Morgan fingerprint density at radius 1 is 0.964 bits per heavy atom. The molecule has 6 nitrogen and oxygen atoms in total. The lowest BCUT2D eigenvalue weighted by Gasteiger charge is -2.24. The molecule has 2 saturated heterocycles. The summed E-state index contributed by atoms with van der Waals surface area (Å²) in [4.78, 5) is 24.0. The first-order valence-electron chi connectivity index (χ1n) is 11.0. The SMILES string of the molecule is O=C(CCCCCCC1=C[C@H](OC2CCCCO2)CC1=O)OC1CCCCO1. The maximum absolute atomic E-state index is 12.2. The predicted octanol–water partition coefficient (Wildman–Crippen LogP) is 4.21. The molecule has 3 atom stereocenters. The zero-order chi connectivity index (χ0) is 19.6. The van der Waals surface area contributed by atoms with Crippen molar-refractivity contribution in [3.63, 3.8) is 0 Å². The molecule has 2 aliphatic heterocycles. The first-order valence-corrected chi connectivity index (χ1v) is 11.0. The summed E-state index contributed by atoms with van der Waals surface area (Å²) in [6.45, 7) is 1.44. The number of ether oxygens (including phenoxy) is 4. The van der Waals surface area contributed by atoms with E-state index in [9.17, 15) is 9.59 Å². The summed E-state index contributed by atoms with van der Waals surface area (Å²) in [5, 5.41) is 0. The second-order valence-electron chi connectivity index (χ2n) is 7.99. The van der Waals surface area contributed by atoms with Crippen LogP contribution in [0.25, 0.3) is 0 Å². The van der Waals surface area contributed by atoms with E-state index in [1.54, 1.807) is 0 Å². The van der Waals surface area contributed by atoms with Crippen molar-refractivity contribution >= 4 is 11.8 Å². The lowest BCUT2D eigenvalue weighted by atomic mass is 10.0. The van der Waals surface area contributed by atoms with Crippen molar-refractivity contribution in [1.29, 1.82) is 0 Å². The van der Waals surface area contributed by atoms with E-state index in [2.05, 4.69) is 0 Å². The third-order valence-corrected chi connectivity index (χ3v) is 5.57.